The van der Waals surface area contributed by atoms with Crippen molar-refractivity contribution in [2.45, 2.75) is 12.5 Å². The third kappa shape index (κ3) is 6.49. The van der Waals surface area contributed by atoms with Crippen LogP contribution >= 0.6 is 0 Å². The van der Waals surface area contributed by atoms with Crippen LogP contribution in [0.2, 0.25) is 0 Å². The molecule has 3 aromatic carbocycles. The molecule has 31 heavy (non-hydrogen) atoms. The van der Waals surface area contributed by atoms with Crippen LogP contribution in [-0.4, -0.2) is 41.9 Å². The van der Waals surface area contributed by atoms with E-state index in [1.807, 2.05) is 30.3 Å². The summed E-state index contributed by atoms with van der Waals surface area (Å²) in [5.41, 5.74) is 1.88. The topological polar surface area (TPSA) is 66.8 Å². The van der Waals surface area contributed by atoms with Gasteiger partial charge in [0.2, 0.25) is 0 Å². The third-order valence-corrected chi connectivity index (χ3v) is 4.85. The van der Waals surface area contributed by atoms with Crippen molar-refractivity contribution in [3.05, 3.63) is 101 Å². The number of nitrogens with zero attached hydrogens (tertiary/aromatic N) is 1. The molecule has 0 heterocycles. The molecule has 1 N–H and O–H groups in total. The van der Waals surface area contributed by atoms with Crippen molar-refractivity contribution in [3.63, 3.8) is 0 Å². The van der Waals surface area contributed by atoms with Gasteiger partial charge in [0.1, 0.15) is 17.7 Å². The van der Waals surface area contributed by atoms with Gasteiger partial charge < -0.3 is 9.84 Å². The summed E-state index contributed by atoms with van der Waals surface area (Å²) in [4.78, 5) is 25.2. The average molecular weight is 421 g/mol. The number of carbonyl (C=O) groups excluding carboxylic acids is 1. The summed E-state index contributed by atoms with van der Waals surface area (Å²) in [5.74, 6) is -0.853. The highest BCUT2D eigenvalue weighted by atomic mass is 19.1. The number of carboxylic acid groups (broad SMARTS) is 1. The molecule has 0 bridgehead atoms. The maximum absolute atomic E-state index is 13.1. The Balaban J connectivity index is 1.71. The Bertz CT molecular complexity index is 1000. The Hall–Kier alpha value is -3.51. The van der Waals surface area contributed by atoms with Crippen LogP contribution < -0.4 is 4.74 Å². The van der Waals surface area contributed by atoms with Gasteiger partial charge in [-0.2, -0.15) is 0 Å². The first-order chi connectivity index (χ1) is 14.9. The molecular formula is C25H24FNO4. The van der Waals surface area contributed by atoms with E-state index in [-0.39, 0.29) is 24.2 Å². The number of carboxylic acids is 1. The lowest BCUT2D eigenvalue weighted by Gasteiger charge is -2.22. The number of benzene rings is 3. The molecule has 0 aliphatic rings. The van der Waals surface area contributed by atoms with Crippen molar-refractivity contribution >= 4 is 11.8 Å². The fourth-order valence-corrected chi connectivity index (χ4v) is 3.23. The molecule has 3 rings (SSSR count). The summed E-state index contributed by atoms with van der Waals surface area (Å²) in [6, 6.07) is 22.0. The number of ketones is 1. The zero-order valence-electron chi connectivity index (χ0n) is 17.2. The molecular weight excluding hydrogens is 397 g/mol. The Labute approximate surface area is 180 Å². The van der Waals surface area contributed by atoms with Gasteiger partial charge in [0.15, 0.2) is 5.78 Å². The van der Waals surface area contributed by atoms with Crippen molar-refractivity contribution in [1.82, 2.24) is 4.90 Å². The van der Waals surface area contributed by atoms with Crippen LogP contribution in [0.15, 0.2) is 78.9 Å². The van der Waals surface area contributed by atoms with E-state index < -0.39 is 5.97 Å². The SMILES string of the molecule is CN(CCC(Oc1ccc(C(=O)c2ccc(F)cc2)cc1)c1ccccc1)CC(=O)O. The van der Waals surface area contributed by atoms with Gasteiger partial charge in [-0.1, -0.05) is 30.3 Å². The van der Waals surface area contributed by atoms with E-state index in [2.05, 4.69) is 0 Å². The molecule has 3 aromatic rings. The van der Waals surface area contributed by atoms with E-state index >= 15 is 0 Å². The summed E-state index contributed by atoms with van der Waals surface area (Å²) in [5, 5.41) is 8.95. The minimum absolute atomic E-state index is 0.0400. The molecule has 0 aliphatic heterocycles. The Morgan fingerprint density at radius 1 is 0.935 bits per heavy atom. The van der Waals surface area contributed by atoms with Gasteiger partial charge in [-0.3, -0.25) is 14.5 Å². The summed E-state index contributed by atoms with van der Waals surface area (Å²) >= 11 is 0. The van der Waals surface area contributed by atoms with E-state index in [1.165, 1.54) is 24.3 Å². The molecule has 0 spiro atoms. The highest BCUT2D eigenvalue weighted by Gasteiger charge is 2.16. The standard InChI is InChI=1S/C25H24FNO4/c1-27(17-24(28)29)16-15-23(18-5-3-2-4-6-18)31-22-13-9-20(10-14-22)25(30)19-7-11-21(26)12-8-19/h2-14,23H,15-17H2,1H3,(H,28,29). The normalized spacial score (nSPS) is 11.8. The summed E-state index contributed by atoms with van der Waals surface area (Å²) in [7, 11) is 1.76. The maximum Gasteiger partial charge on any atom is 0.317 e. The Kier molecular flexibility index (Phi) is 7.51. The smallest absolute Gasteiger partial charge is 0.317 e. The molecule has 1 unspecified atom stereocenters. The molecule has 160 valence electrons. The zero-order chi connectivity index (χ0) is 22.2. The number of carbonyl (C=O) groups is 2. The molecule has 0 saturated heterocycles. The van der Waals surface area contributed by atoms with E-state index in [9.17, 15) is 14.0 Å². The number of likely N-dealkylation sites (N-methyl/N-ethyl adjacent to an activating group) is 1. The average Bonchev–Trinajstić information content (AvgIpc) is 2.77. The molecule has 6 heteroatoms. The molecule has 0 aromatic heterocycles. The summed E-state index contributed by atoms with van der Waals surface area (Å²) in [6.07, 6.45) is 0.334. The number of ether oxygens (including phenoxy) is 1. The minimum atomic E-state index is -0.874. The van der Waals surface area contributed by atoms with Crippen LogP contribution in [-0.2, 0) is 4.79 Å². The predicted molar refractivity (Wildman–Crippen MR) is 116 cm³/mol. The van der Waals surface area contributed by atoms with Gasteiger partial charge in [0, 0.05) is 24.1 Å². The number of halogens is 1. The largest absolute Gasteiger partial charge is 0.486 e. The number of hydrogen-bond donors (Lipinski definition) is 1. The van der Waals surface area contributed by atoms with E-state index in [4.69, 9.17) is 9.84 Å². The fraction of sp³-hybridized carbons (Fsp3) is 0.200. The number of hydrogen-bond acceptors (Lipinski definition) is 4. The molecule has 1 atom stereocenters. The first kappa shape index (κ1) is 22.2. The second-order valence-corrected chi connectivity index (χ2v) is 7.30. The lowest BCUT2D eigenvalue weighted by Crippen LogP contribution is -2.28. The Morgan fingerprint density at radius 2 is 1.52 bits per heavy atom. The minimum Gasteiger partial charge on any atom is -0.486 e. The van der Waals surface area contributed by atoms with Crippen LogP contribution in [0.5, 0.6) is 5.75 Å². The van der Waals surface area contributed by atoms with Crippen LogP contribution in [0.1, 0.15) is 34.0 Å². The first-order valence-corrected chi connectivity index (χ1v) is 9.94. The third-order valence-electron chi connectivity index (χ3n) is 4.85. The first-order valence-electron chi connectivity index (χ1n) is 9.94. The molecule has 0 fully saturated rings. The second-order valence-electron chi connectivity index (χ2n) is 7.30. The molecule has 5 nitrogen and oxygen atoms in total. The van der Waals surface area contributed by atoms with Crippen LogP contribution in [0.4, 0.5) is 4.39 Å². The molecule has 0 saturated carbocycles. The highest BCUT2D eigenvalue weighted by molar-refractivity contribution is 6.08. The highest BCUT2D eigenvalue weighted by Crippen LogP contribution is 2.26. The van der Waals surface area contributed by atoms with Gasteiger partial charge in [0.05, 0.1) is 6.54 Å². The lowest BCUT2D eigenvalue weighted by molar-refractivity contribution is -0.138. The molecule has 0 radical (unpaired) electrons. The fourth-order valence-electron chi connectivity index (χ4n) is 3.23. The van der Waals surface area contributed by atoms with Crippen LogP contribution in [0.3, 0.4) is 0 Å². The van der Waals surface area contributed by atoms with Gasteiger partial charge >= 0.3 is 5.97 Å². The number of rotatable bonds is 10. The second kappa shape index (κ2) is 10.5. The lowest BCUT2D eigenvalue weighted by atomic mass is 10.0. The van der Waals surface area contributed by atoms with Gasteiger partial charge in [-0.15, -0.1) is 0 Å². The van der Waals surface area contributed by atoms with Gasteiger partial charge in [0.25, 0.3) is 0 Å². The van der Waals surface area contributed by atoms with Crippen molar-refractivity contribution in [1.29, 1.82) is 0 Å². The quantitative estimate of drug-likeness (QED) is 0.485. The summed E-state index contributed by atoms with van der Waals surface area (Å²) < 4.78 is 19.3. The monoisotopic (exact) mass is 421 g/mol. The van der Waals surface area contributed by atoms with Crippen molar-refractivity contribution in [3.8, 4) is 5.75 Å². The van der Waals surface area contributed by atoms with Crippen LogP contribution in [0, 0.1) is 5.82 Å². The van der Waals surface area contributed by atoms with Crippen molar-refractivity contribution in [2.24, 2.45) is 0 Å². The molecule has 0 aliphatic carbocycles. The van der Waals surface area contributed by atoms with Crippen molar-refractivity contribution < 1.29 is 23.8 Å². The zero-order valence-corrected chi connectivity index (χ0v) is 17.2. The van der Waals surface area contributed by atoms with Crippen molar-refractivity contribution in [2.75, 3.05) is 20.1 Å². The van der Waals surface area contributed by atoms with Gasteiger partial charge in [-0.25, -0.2) is 4.39 Å². The van der Waals surface area contributed by atoms with Gasteiger partial charge in [-0.05, 0) is 61.1 Å². The molecule has 0 amide bonds. The van der Waals surface area contributed by atoms with E-state index in [0.717, 1.165) is 5.56 Å². The predicted octanol–water partition coefficient (Wildman–Crippen LogP) is 4.58. The number of aliphatic carboxylic acids is 1. The summed E-state index contributed by atoms with van der Waals surface area (Å²) in [6.45, 7) is 0.509. The maximum atomic E-state index is 13.1. The van der Waals surface area contributed by atoms with Crippen LogP contribution in [0.25, 0.3) is 0 Å². The Morgan fingerprint density at radius 3 is 2.10 bits per heavy atom. The van der Waals surface area contributed by atoms with E-state index in [1.54, 1.807) is 36.2 Å². The van der Waals surface area contributed by atoms with E-state index in [0.29, 0.717) is 29.8 Å².